The molecule has 2 unspecified atom stereocenters. The molecule has 1 saturated heterocycles. The van der Waals surface area contributed by atoms with Crippen LogP contribution in [0.4, 0.5) is 0 Å². The fraction of sp³-hybridized carbons (Fsp3) is 0.714. The van der Waals surface area contributed by atoms with Gasteiger partial charge in [-0.05, 0) is 0 Å². The summed E-state index contributed by atoms with van der Waals surface area (Å²) in [4.78, 5) is 45.1. The number of carbonyl (C=O) groups is 4. The minimum atomic E-state index is -1.16. The Bertz CT molecular complexity index is 506. The molecule has 9 nitrogen and oxygen atoms in total. The zero-order valence-electron chi connectivity index (χ0n) is 13.7. The molecule has 24 heavy (non-hydrogen) atoms. The Morgan fingerprint density at radius 2 is 1.25 bits per heavy atom. The second-order valence-corrected chi connectivity index (χ2v) is 5.60. The molecule has 136 valence electrons. The van der Waals surface area contributed by atoms with Crippen molar-refractivity contribution in [2.75, 3.05) is 6.61 Å². The summed E-state index contributed by atoms with van der Waals surface area (Å²) in [5.41, 5.74) is -0.981. The van der Waals surface area contributed by atoms with Crippen molar-refractivity contribution in [1.82, 2.24) is 0 Å². The highest BCUT2D eigenvalue weighted by Crippen LogP contribution is 2.30. The van der Waals surface area contributed by atoms with E-state index in [2.05, 4.69) is 12.6 Å². The van der Waals surface area contributed by atoms with Crippen molar-refractivity contribution in [2.45, 2.75) is 57.5 Å². The van der Waals surface area contributed by atoms with Gasteiger partial charge >= 0.3 is 23.9 Å². The van der Waals surface area contributed by atoms with Crippen molar-refractivity contribution in [2.24, 2.45) is 0 Å². The SMILES string of the molecule is CC(=O)OCC1O[C@@H](S)[C@@H](OC(C)=O)C(OC(C)=O)[C@@H]1OC(C)=O. The molecule has 1 fully saturated rings. The predicted molar refractivity (Wildman–Crippen MR) is 80.9 cm³/mol. The zero-order chi connectivity index (χ0) is 18.4. The van der Waals surface area contributed by atoms with Gasteiger partial charge in [0.2, 0.25) is 0 Å². The maximum atomic E-state index is 11.4. The molecule has 1 heterocycles. The van der Waals surface area contributed by atoms with Crippen LogP contribution in [0.1, 0.15) is 27.7 Å². The maximum absolute atomic E-state index is 11.4. The Hall–Kier alpha value is -1.81. The number of ether oxygens (including phenoxy) is 5. The number of esters is 4. The van der Waals surface area contributed by atoms with Crippen LogP contribution in [-0.4, -0.2) is 60.3 Å². The van der Waals surface area contributed by atoms with Crippen molar-refractivity contribution in [1.29, 1.82) is 0 Å². The molecule has 0 saturated carbocycles. The van der Waals surface area contributed by atoms with Crippen LogP contribution in [0.5, 0.6) is 0 Å². The lowest BCUT2D eigenvalue weighted by atomic mass is 9.99. The normalized spacial score (nSPS) is 29.3. The molecular weight excluding hydrogens is 344 g/mol. The highest BCUT2D eigenvalue weighted by atomic mass is 32.1. The van der Waals surface area contributed by atoms with Gasteiger partial charge in [-0.3, -0.25) is 19.2 Å². The molecule has 0 aromatic carbocycles. The molecule has 5 atom stereocenters. The van der Waals surface area contributed by atoms with Gasteiger partial charge in [-0.2, -0.15) is 0 Å². The molecule has 1 aliphatic rings. The van der Waals surface area contributed by atoms with Gasteiger partial charge in [0.15, 0.2) is 18.3 Å². The minimum Gasteiger partial charge on any atom is -0.463 e. The van der Waals surface area contributed by atoms with Crippen LogP contribution in [0.2, 0.25) is 0 Å². The average Bonchev–Trinajstić information content (AvgIpc) is 2.42. The zero-order valence-corrected chi connectivity index (χ0v) is 14.6. The molecule has 0 aromatic heterocycles. The summed E-state index contributed by atoms with van der Waals surface area (Å²) >= 11 is 4.18. The quantitative estimate of drug-likeness (QED) is 0.409. The Labute approximate surface area is 144 Å². The van der Waals surface area contributed by atoms with Gasteiger partial charge in [-0.15, -0.1) is 12.6 Å². The smallest absolute Gasteiger partial charge is 0.303 e. The number of thiol groups is 1. The Morgan fingerprint density at radius 3 is 1.71 bits per heavy atom. The first-order valence-electron chi connectivity index (χ1n) is 7.10. The van der Waals surface area contributed by atoms with Crippen molar-refractivity contribution in [3.05, 3.63) is 0 Å². The van der Waals surface area contributed by atoms with Crippen LogP contribution < -0.4 is 0 Å². The van der Waals surface area contributed by atoms with E-state index in [1.807, 2.05) is 0 Å². The largest absolute Gasteiger partial charge is 0.463 e. The highest BCUT2D eigenvalue weighted by molar-refractivity contribution is 7.80. The topological polar surface area (TPSA) is 114 Å². The Kier molecular flexibility index (Phi) is 7.49. The summed E-state index contributed by atoms with van der Waals surface area (Å²) in [5.74, 6) is -2.57. The third-order valence-corrected chi connectivity index (χ3v) is 3.38. The highest BCUT2D eigenvalue weighted by Gasteiger charge is 2.51. The molecule has 0 radical (unpaired) electrons. The predicted octanol–water partition coefficient (Wildman–Crippen LogP) is -0.000700. The van der Waals surface area contributed by atoms with Crippen LogP contribution in [0, 0.1) is 0 Å². The van der Waals surface area contributed by atoms with Crippen molar-refractivity contribution in [3.63, 3.8) is 0 Å². The van der Waals surface area contributed by atoms with E-state index >= 15 is 0 Å². The molecule has 0 aliphatic carbocycles. The van der Waals surface area contributed by atoms with Crippen LogP contribution >= 0.6 is 12.6 Å². The monoisotopic (exact) mass is 364 g/mol. The standard InChI is InChI=1S/C14H20O9S/c1-6(15)19-5-10-11(20-7(2)16)12(21-8(3)17)13(14(24)23-10)22-9(4)18/h10-14,24H,5H2,1-4H3/t10?,11-,12?,13+,14+/m1/s1. The van der Waals surface area contributed by atoms with E-state index in [4.69, 9.17) is 23.7 Å². The van der Waals surface area contributed by atoms with Crippen LogP contribution in [-0.2, 0) is 42.9 Å². The Balaban J connectivity index is 3.11. The summed E-state index contributed by atoms with van der Waals surface area (Å²) in [6, 6.07) is 0. The minimum absolute atomic E-state index is 0.255. The summed E-state index contributed by atoms with van der Waals surface area (Å²) in [5, 5.41) is 0. The summed E-state index contributed by atoms with van der Waals surface area (Å²) in [6.07, 6.45) is -4.35. The van der Waals surface area contributed by atoms with Gasteiger partial charge in [0, 0.05) is 27.7 Å². The molecule has 1 rings (SSSR count). The molecule has 10 heteroatoms. The van der Waals surface area contributed by atoms with E-state index in [0.717, 1.165) is 20.8 Å². The van der Waals surface area contributed by atoms with Crippen molar-refractivity contribution >= 4 is 36.5 Å². The average molecular weight is 364 g/mol. The van der Waals surface area contributed by atoms with Gasteiger partial charge in [0.1, 0.15) is 18.1 Å². The summed E-state index contributed by atoms with van der Waals surface area (Å²) < 4.78 is 25.8. The lowest BCUT2D eigenvalue weighted by Crippen LogP contribution is -2.61. The van der Waals surface area contributed by atoms with Gasteiger partial charge in [-0.25, -0.2) is 0 Å². The molecule has 0 N–H and O–H groups in total. The molecule has 1 aliphatic heterocycles. The third-order valence-electron chi connectivity index (χ3n) is 2.97. The first kappa shape index (κ1) is 20.2. The van der Waals surface area contributed by atoms with Gasteiger partial charge in [-0.1, -0.05) is 0 Å². The molecule has 0 amide bonds. The van der Waals surface area contributed by atoms with E-state index in [1.165, 1.54) is 6.92 Å². The molecule has 0 aromatic rings. The van der Waals surface area contributed by atoms with Gasteiger partial charge in [0.25, 0.3) is 0 Å². The van der Waals surface area contributed by atoms with E-state index < -0.39 is 53.7 Å². The van der Waals surface area contributed by atoms with Crippen molar-refractivity contribution in [3.8, 4) is 0 Å². The fourth-order valence-electron chi connectivity index (χ4n) is 2.21. The number of rotatable bonds is 5. The van der Waals surface area contributed by atoms with Crippen LogP contribution in [0.15, 0.2) is 0 Å². The second-order valence-electron chi connectivity index (χ2n) is 5.09. The molecular formula is C14H20O9S. The maximum Gasteiger partial charge on any atom is 0.303 e. The second kappa shape index (κ2) is 8.88. The third kappa shape index (κ3) is 6.00. The number of hydrogen-bond donors (Lipinski definition) is 1. The van der Waals surface area contributed by atoms with E-state index in [-0.39, 0.29) is 6.61 Å². The lowest BCUT2D eigenvalue weighted by molar-refractivity contribution is -0.237. The molecule has 0 bridgehead atoms. The first-order valence-corrected chi connectivity index (χ1v) is 7.62. The molecule has 0 spiro atoms. The lowest BCUT2D eigenvalue weighted by Gasteiger charge is -2.42. The van der Waals surface area contributed by atoms with E-state index in [1.54, 1.807) is 0 Å². The van der Waals surface area contributed by atoms with Gasteiger partial charge in [0.05, 0.1) is 0 Å². The van der Waals surface area contributed by atoms with E-state index in [0.29, 0.717) is 0 Å². The van der Waals surface area contributed by atoms with Crippen LogP contribution in [0.25, 0.3) is 0 Å². The summed E-state index contributed by atoms with van der Waals surface area (Å²) in [6.45, 7) is 4.42. The van der Waals surface area contributed by atoms with E-state index in [9.17, 15) is 19.2 Å². The number of hydrogen-bond acceptors (Lipinski definition) is 10. The van der Waals surface area contributed by atoms with Gasteiger partial charge < -0.3 is 23.7 Å². The summed E-state index contributed by atoms with van der Waals surface area (Å²) in [7, 11) is 0. The van der Waals surface area contributed by atoms with Crippen LogP contribution in [0.3, 0.4) is 0 Å². The Morgan fingerprint density at radius 1 is 0.792 bits per heavy atom. The number of carbonyl (C=O) groups excluding carboxylic acids is 4. The fourth-order valence-corrected chi connectivity index (χ4v) is 2.59. The van der Waals surface area contributed by atoms with Crippen molar-refractivity contribution < 1.29 is 42.9 Å². The first-order chi connectivity index (χ1) is 11.1.